The van der Waals surface area contributed by atoms with Crippen molar-refractivity contribution in [2.24, 2.45) is 4.99 Å². The minimum Gasteiger partial charge on any atom is -0.383 e. The van der Waals surface area contributed by atoms with Gasteiger partial charge in [-0.2, -0.15) is 0 Å². The molecule has 0 spiro atoms. The number of aromatic nitrogens is 1. The fourth-order valence-corrected chi connectivity index (χ4v) is 1.66. The summed E-state index contributed by atoms with van der Waals surface area (Å²) in [5.41, 5.74) is 2.12. The monoisotopic (exact) mass is 254 g/mol. The molecule has 0 saturated carbocycles. The van der Waals surface area contributed by atoms with Crippen LogP contribution in [0.4, 0.5) is 0 Å². The molecular weight excluding hydrogens is 232 g/mol. The van der Waals surface area contributed by atoms with E-state index in [1.165, 1.54) is 0 Å². The maximum atomic E-state index is 5.12. The fourth-order valence-electron chi connectivity index (χ4n) is 1.66. The predicted molar refractivity (Wildman–Crippen MR) is 70.9 cm³/mol. The highest BCUT2D eigenvalue weighted by atomic mass is 16.5. The van der Waals surface area contributed by atoms with Crippen molar-refractivity contribution in [1.82, 2.24) is 15.8 Å². The molecule has 6 heteroatoms. The van der Waals surface area contributed by atoms with Crippen molar-refractivity contribution in [3.05, 3.63) is 17.0 Å². The van der Waals surface area contributed by atoms with Crippen LogP contribution in [0.15, 0.2) is 9.52 Å². The van der Waals surface area contributed by atoms with Gasteiger partial charge in [0, 0.05) is 32.8 Å². The lowest BCUT2D eigenvalue weighted by Crippen LogP contribution is -2.39. The Kier molecular flexibility index (Phi) is 6.21. The summed E-state index contributed by atoms with van der Waals surface area (Å²) in [7, 11) is 3.42. The molecule has 1 rings (SSSR count). The molecule has 0 radical (unpaired) electrons. The second-order valence-electron chi connectivity index (χ2n) is 3.97. The van der Waals surface area contributed by atoms with Crippen molar-refractivity contribution in [2.45, 2.75) is 20.3 Å². The van der Waals surface area contributed by atoms with Crippen LogP contribution in [0, 0.1) is 13.8 Å². The second-order valence-corrected chi connectivity index (χ2v) is 3.97. The van der Waals surface area contributed by atoms with E-state index in [0.29, 0.717) is 6.61 Å². The van der Waals surface area contributed by atoms with Crippen LogP contribution in [-0.4, -0.2) is 45.0 Å². The quantitative estimate of drug-likeness (QED) is 0.443. The molecule has 6 nitrogen and oxygen atoms in total. The lowest BCUT2D eigenvalue weighted by molar-refractivity contribution is 0.203. The molecule has 18 heavy (non-hydrogen) atoms. The average Bonchev–Trinajstić information content (AvgIpc) is 2.68. The molecule has 0 bridgehead atoms. The van der Waals surface area contributed by atoms with Crippen molar-refractivity contribution in [2.75, 3.05) is 33.9 Å². The first-order chi connectivity index (χ1) is 8.69. The third kappa shape index (κ3) is 4.37. The molecule has 0 atom stereocenters. The standard InChI is InChI=1S/C12H22N4O2/c1-9-11(10(2)18-16-9)5-6-14-12(13-3)15-7-8-17-4/h5-8H2,1-4H3,(H2,13,14,15). The number of guanidine groups is 1. The Morgan fingerprint density at radius 2 is 2.06 bits per heavy atom. The molecule has 0 aliphatic rings. The SMILES string of the molecule is CN=C(NCCOC)NCCc1c(C)noc1C. The van der Waals surface area contributed by atoms with E-state index >= 15 is 0 Å². The molecule has 1 aromatic rings. The number of rotatable bonds is 6. The molecular formula is C12H22N4O2. The first-order valence-corrected chi connectivity index (χ1v) is 6.04. The molecule has 0 fully saturated rings. The highest BCUT2D eigenvalue weighted by Crippen LogP contribution is 2.11. The fraction of sp³-hybridized carbons (Fsp3) is 0.667. The molecule has 0 aliphatic carbocycles. The highest BCUT2D eigenvalue weighted by Gasteiger charge is 2.08. The zero-order valence-electron chi connectivity index (χ0n) is 11.5. The summed E-state index contributed by atoms with van der Waals surface area (Å²) in [5, 5.41) is 10.3. The van der Waals surface area contributed by atoms with Gasteiger partial charge in [-0.05, 0) is 20.3 Å². The van der Waals surface area contributed by atoms with Crippen molar-refractivity contribution in [3.8, 4) is 0 Å². The van der Waals surface area contributed by atoms with Gasteiger partial charge in [0.15, 0.2) is 5.96 Å². The molecule has 0 saturated heterocycles. The summed E-state index contributed by atoms with van der Waals surface area (Å²) < 4.78 is 10.1. The van der Waals surface area contributed by atoms with Crippen LogP contribution in [0.25, 0.3) is 0 Å². The maximum Gasteiger partial charge on any atom is 0.191 e. The summed E-state index contributed by atoms with van der Waals surface area (Å²) >= 11 is 0. The molecule has 102 valence electrons. The summed E-state index contributed by atoms with van der Waals surface area (Å²) in [6.07, 6.45) is 0.867. The predicted octanol–water partition coefficient (Wildman–Crippen LogP) is 0.645. The van der Waals surface area contributed by atoms with Crippen molar-refractivity contribution in [3.63, 3.8) is 0 Å². The smallest absolute Gasteiger partial charge is 0.191 e. The Balaban J connectivity index is 2.32. The van der Waals surface area contributed by atoms with Gasteiger partial charge in [-0.25, -0.2) is 0 Å². The topological polar surface area (TPSA) is 71.7 Å². The Labute approximate surface area is 108 Å². The Morgan fingerprint density at radius 3 is 2.61 bits per heavy atom. The van der Waals surface area contributed by atoms with Crippen LogP contribution in [0.5, 0.6) is 0 Å². The van der Waals surface area contributed by atoms with Crippen LogP contribution in [0.1, 0.15) is 17.0 Å². The third-order valence-corrected chi connectivity index (χ3v) is 2.67. The second kappa shape index (κ2) is 7.71. The normalized spacial score (nSPS) is 11.7. The zero-order chi connectivity index (χ0) is 13.4. The van der Waals surface area contributed by atoms with E-state index in [1.54, 1.807) is 14.2 Å². The number of methoxy groups -OCH3 is 1. The molecule has 1 aromatic heterocycles. The minimum absolute atomic E-state index is 0.657. The number of hydrogen-bond donors (Lipinski definition) is 2. The third-order valence-electron chi connectivity index (χ3n) is 2.67. The van der Waals surface area contributed by atoms with E-state index in [9.17, 15) is 0 Å². The van der Waals surface area contributed by atoms with Gasteiger partial charge in [-0.15, -0.1) is 0 Å². The van der Waals surface area contributed by atoms with E-state index in [0.717, 1.165) is 42.5 Å². The van der Waals surface area contributed by atoms with E-state index in [4.69, 9.17) is 9.26 Å². The molecule has 2 N–H and O–H groups in total. The Bertz CT molecular complexity index is 368. The van der Waals surface area contributed by atoms with Crippen LogP contribution < -0.4 is 10.6 Å². The summed E-state index contributed by atoms with van der Waals surface area (Å²) in [6.45, 7) is 6.07. The van der Waals surface area contributed by atoms with E-state index in [1.807, 2.05) is 13.8 Å². The summed E-state index contributed by atoms with van der Waals surface area (Å²) in [5.74, 6) is 1.66. The Hall–Kier alpha value is -1.56. The first kappa shape index (κ1) is 14.5. The number of nitrogens with one attached hydrogen (secondary N) is 2. The van der Waals surface area contributed by atoms with Gasteiger partial charge in [-0.3, -0.25) is 4.99 Å². The van der Waals surface area contributed by atoms with Gasteiger partial charge in [0.1, 0.15) is 5.76 Å². The number of hydrogen-bond acceptors (Lipinski definition) is 4. The first-order valence-electron chi connectivity index (χ1n) is 6.04. The van der Waals surface area contributed by atoms with Crippen LogP contribution >= 0.6 is 0 Å². The zero-order valence-corrected chi connectivity index (χ0v) is 11.5. The maximum absolute atomic E-state index is 5.12. The van der Waals surface area contributed by atoms with E-state index < -0.39 is 0 Å². The number of nitrogens with zero attached hydrogens (tertiary/aromatic N) is 2. The molecule has 1 heterocycles. The van der Waals surface area contributed by atoms with Crippen molar-refractivity contribution < 1.29 is 9.26 Å². The molecule has 0 amide bonds. The van der Waals surface area contributed by atoms with Gasteiger partial charge in [0.2, 0.25) is 0 Å². The average molecular weight is 254 g/mol. The van der Waals surface area contributed by atoms with Gasteiger partial charge in [0.25, 0.3) is 0 Å². The van der Waals surface area contributed by atoms with Crippen molar-refractivity contribution >= 4 is 5.96 Å². The number of aryl methyl sites for hydroxylation is 2. The largest absolute Gasteiger partial charge is 0.383 e. The highest BCUT2D eigenvalue weighted by molar-refractivity contribution is 5.79. The van der Waals surface area contributed by atoms with Gasteiger partial charge in [0.05, 0.1) is 12.3 Å². The van der Waals surface area contributed by atoms with Crippen LogP contribution in [0.3, 0.4) is 0 Å². The molecule has 0 unspecified atom stereocenters. The van der Waals surface area contributed by atoms with Crippen LogP contribution in [0.2, 0.25) is 0 Å². The van der Waals surface area contributed by atoms with Gasteiger partial charge < -0.3 is 19.9 Å². The molecule has 0 aliphatic heterocycles. The summed E-state index contributed by atoms with van der Waals surface area (Å²) in [4.78, 5) is 4.12. The van der Waals surface area contributed by atoms with Crippen molar-refractivity contribution in [1.29, 1.82) is 0 Å². The Morgan fingerprint density at radius 1 is 1.33 bits per heavy atom. The number of ether oxygens (including phenoxy) is 1. The summed E-state index contributed by atoms with van der Waals surface area (Å²) in [6, 6.07) is 0. The molecule has 0 aromatic carbocycles. The van der Waals surface area contributed by atoms with Gasteiger partial charge >= 0.3 is 0 Å². The van der Waals surface area contributed by atoms with Crippen LogP contribution in [-0.2, 0) is 11.2 Å². The van der Waals surface area contributed by atoms with E-state index in [2.05, 4.69) is 20.8 Å². The minimum atomic E-state index is 0.657. The van der Waals surface area contributed by atoms with E-state index in [-0.39, 0.29) is 0 Å². The lowest BCUT2D eigenvalue weighted by atomic mass is 10.1. The van der Waals surface area contributed by atoms with Gasteiger partial charge in [-0.1, -0.05) is 5.16 Å². The number of aliphatic imine (C=N–C) groups is 1. The lowest BCUT2D eigenvalue weighted by Gasteiger charge is -2.11.